The number of hydrogen-bond acceptors (Lipinski definition) is 4. The molecule has 0 fully saturated rings. The molecule has 1 rings (SSSR count). The van der Waals surface area contributed by atoms with Gasteiger partial charge in [-0.3, -0.25) is 0 Å². The molecule has 0 aromatic heterocycles. The quantitative estimate of drug-likeness (QED) is 0.561. The molecular formula is C13H18ClNO3S. The average molecular weight is 304 g/mol. The van der Waals surface area contributed by atoms with Gasteiger partial charge in [0.2, 0.25) is 0 Å². The Morgan fingerprint density at radius 3 is 2.74 bits per heavy atom. The van der Waals surface area contributed by atoms with Gasteiger partial charge in [0.1, 0.15) is 17.3 Å². The second kappa shape index (κ2) is 9.09. The van der Waals surface area contributed by atoms with Crippen LogP contribution in [0.2, 0.25) is 5.02 Å². The summed E-state index contributed by atoms with van der Waals surface area (Å²) in [5, 5.41) is 0.575. The van der Waals surface area contributed by atoms with Crippen molar-refractivity contribution in [3.8, 4) is 5.75 Å². The molecule has 0 bridgehead atoms. The number of ether oxygens (including phenoxy) is 3. The minimum Gasteiger partial charge on any atom is -0.490 e. The first-order valence-corrected chi connectivity index (χ1v) is 6.72. The highest BCUT2D eigenvalue weighted by Gasteiger charge is 2.07. The summed E-state index contributed by atoms with van der Waals surface area (Å²) in [6.45, 7) is 2.29. The molecule has 106 valence electrons. The Morgan fingerprint density at radius 2 is 2.05 bits per heavy atom. The Morgan fingerprint density at radius 1 is 1.26 bits per heavy atom. The Bertz CT molecular complexity index is 415. The highest BCUT2D eigenvalue weighted by Crippen LogP contribution is 2.22. The van der Waals surface area contributed by atoms with Gasteiger partial charge in [0.05, 0.1) is 12.2 Å². The summed E-state index contributed by atoms with van der Waals surface area (Å²) in [6.07, 6.45) is 0.871. The summed E-state index contributed by atoms with van der Waals surface area (Å²) in [6, 6.07) is 5.18. The number of thiocarbonyl (C=S) groups is 1. The van der Waals surface area contributed by atoms with E-state index in [1.165, 1.54) is 0 Å². The maximum Gasteiger partial charge on any atom is 0.129 e. The highest BCUT2D eigenvalue weighted by atomic mass is 35.5. The summed E-state index contributed by atoms with van der Waals surface area (Å²) in [5.41, 5.74) is 6.26. The maximum atomic E-state index is 5.89. The maximum absolute atomic E-state index is 5.89. The largest absolute Gasteiger partial charge is 0.490 e. The van der Waals surface area contributed by atoms with Crippen LogP contribution in [0.15, 0.2) is 18.2 Å². The monoisotopic (exact) mass is 303 g/mol. The second-order valence-electron chi connectivity index (χ2n) is 3.81. The fourth-order valence-corrected chi connectivity index (χ4v) is 1.77. The molecule has 2 N–H and O–H groups in total. The molecule has 0 unspecified atom stereocenters. The van der Waals surface area contributed by atoms with Crippen LogP contribution in [-0.2, 0) is 9.47 Å². The van der Waals surface area contributed by atoms with Gasteiger partial charge in [0.15, 0.2) is 0 Å². The van der Waals surface area contributed by atoms with Crippen molar-refractivity contribution in [3.63, 3.8) is 0 Å². The molecule has 0 amide bonds. The molecule has 0 saturated heterocycles. The summed E-state index contributed by atoms with van der Waals surface area (Å²) in [7, 11) is 1.67. The van der Waals surface area contributed by atoms with Gasteiger partial charge < -0.3 is 19.9 Å². The first-order valence-electron chi connectivity index (χ1n) is 5.94. The third kappa shape index (κ3) is 6.20. The van der Waals surface area contributed by atoms with Crippen LogP contribution < -0.4 is 10.5 Å². The molecular weight excluding hydrogens is 286 g/mol. The number of nitrogens with two attached hydrogens (primary N) is 1. The van der Waals surface area contributed by atoms with Crippen molar-refractivity contribution in [2.45, 2.75) is 6.42 Å². The van der Waals surface area contributed by atoms with Crippen LogP contribution >= 0.6 is 23.8 Å². The topological polar surface area (TPSA) is 53.7 Å². The predicted molar refractivity (Wildman–Crippen MR) is 80.1 cm³/mol. The van der Waals surface area contributed by atoms with Gasteiger partial charge in [0.25, 0.3) is 0 Å². The van der Waals surface area contributed by atoms with Crippen LogP contribution in [0.25, 0.3) is 0 Å². The SMILES string of the molecule is COCCCOCCOc1ccc(Cl)cc1C(N)=S. The Labute approximate surface area is 123 Å². The van der Waals surface area contributed by atoms with Gasteiger partial charge in [-0.1, -0.05) is 23.8 Å². The van der Waals surface area contributed by atoms with Crippen LogP contribution in [0.3, 0.4) is 0 Å². The van der Waals surface area contributed by atoms with Crippen molar-refractivity contribution in [3.05, 3.63) is 28.8 Å². The average Bonchev–Trinajstić information content (AvgIpc) is 2.39. The summed E-state index contributed by atoms with van der Waals surface area (Å²) >= 11 is 10.8. The first kappa shape index (κ1) is 16.2. The summed E-state index contributed by atoms with van der Waals surface area (Å²) in [4.78, 5) is 0.263. The van der Waals surface area contributed by atoms with E-state index >= 15 is 0 Å². The van der Waals surface area contributed by atoms with Crippen molar-refractivity contribution >= 4 is 28.8 Å². The van der Waals surface area contributed by atoms with Crippen molar-refractivity contribution in [2.24, 2.45) is 5.73 Å². The summed E-state index contributed by atoms with van der Waals surface area (Å²) in [5.74, 6) is 0.623. The zero-order chi connectivity index (χ0) is 14.1. The smallest absolute Gasteiger partial charge is 0.129 e. The third-order valence-electron chi connectivity index (χ3n) is 2.33. The van der Waals surface area contributed by atoms with Gasteiger partial charge in [0, 0.05) is 25.3 Å². The van der Waals surface area contributed by atoms with E-state index in [1.54, 1.807) is 25.3 Å². The summed E-state index contributed by atoms with van der Waals surface area (Å²) < 4.78 is 15.9. The molecule has 0 saturated carbocycles. The van der Waals surface area contributed by atoms with Crippen molar-refractivity contribution < 1.29 is 14.2 Å². The number of benzene rings is 1. The van der Waals surface area contributed by atoms with E-state index in [4.69, 9.17) is 43.8 Å². The molecule has 0 atom stereocenters. The van der Waals surface area contributed by atoms with Crippen molar-refractivity contribution in [1.82, 2.24) is 0 Å². The Balaban J connectivity index is 2.35. The lowest BCUT2D eigenvalue weighted by Gasteiger charge is -2.11. The van der Waals surface area contributed by atoms with Crippen molar-refractivity contribution in [2.75, 3.05) is 33.5 Å². The highest BCUT2D eigenvalue weighted by molar-refractivity contribution is 7.80. The molecule has 0 heterocycles. The van der Waals surface area contributed by atoms with Crippen LogP contribution in [0.1, 0.15) is 12.0 Å². The van der Waals surface area contributed by atoms with E-state index in [0.29, 0.717) is 42.8 Å². The van der Waals surface area contributed by atoms with Crippen LogP contribution in [0.4, 0.5) is 0 Å². The van der Waals surface area contributed by atoms with E-state index in [9.17, 15) is 0 Å². The minimum absolute atomic E-state index is 0.263. The molecule has 19 heavy (non-hydrogen) atoms. The van der Waals surface area contributed by atoms with Gasteiger partial charge in [-0.15, -0.1) is 0 Å². The molecule has 0 aliphatic carbocycles. The fraction of sp³-hybridized carbons (Fsp3) is 0.462. The Hall–Kier alpha value is -0.880. The zero-order valence-corrected chi connectivity index (χ0v) is 12.4. The minimum atomic E-state index is 0.263. The number of hydrogen-bond donors (Lipinski definition) is 1. The molecule has 0 aliphatic heterocycles. The normalized spacial score (nSPS) is 10.4. The fourth-order valence-electron chi connectivity index (χ4n) is 1.44. The number of halogens is 1. The van der Waals surface area contributed by atoms with Gasteiger partial charge >= 0.3 is 0 Å². The molecule has 4 nitrogen and oxygen atoms in total. The molecule has 0 aliphatic rings. The van der Waals surface area contributed by atoms with E-state index in [1.807, 2.05) is 0 Å². The van der Waals surface area contributed by atoms with Crippen molar-refractivity contribution in [1.29, 1.82) is 0 Å². The molecule has 1 aromatic rings. The lowest BCUT2D eigenvalue weighted by atomic mass is 10.2. The first-order chi connectivity index (χ1) is 9.15. The number of rotatable bonds is 9. The lowest BCUT2D eigenvalue weighted by molar-refractivity contribution is 0.0806. The van der Waals surface area contributed by atoms with E-state index < -0.39 is 0 Å². The number of methoxy groups -OCH3 is 1. The molecule has 1 aromatic carbocycles. The van der Waals surface area contributed by atoms with Crippen LogP contribution in [0.5, 0.6) is 5.75 Å². The second-order valence-corrected chi connectivity index (χ2v) is 4.69. The van der Waals surface area contributed by atoms with Gasteiger partial charge in [-0.2, -0.15) is 0 Å². The van der Waals surface area contributed by atoms with E-state index in [-0.39, 0.29) is 4.99 Å². The molecule has 0 radical (unpaired) electrons. The zero-order valence-electron chi connectivity index (χ0n) is 10.9. The van der Waals surface area contributed by atoms with E-state index in [2.05, 4.69) is 0 Å². The standard InChI is InChI=1S/C13H18ClNO3S/c1-16-5-2-6-17-7-8-18-12-4-3-10(14)9-11(12)13(15)19/h3-4,9H,2,5-8H2,1H3,(H2,15,19). The Kier molecular flexibility index (Phi) is 7.74. The predicted octanol–water partition coefficient (Wildman–Crippen LogP) is 2.41. The lowest BCUT2D eigenvalue weighted by Crippen LogP contribution is -2.14. The van der Waals surface area contributed by atoms with Gasteiger partial charge in [-0.05, 0) is 24.6 Å². The third-order valence-corrected chi connectivity index (χ3v) is 2.78. The van der Waals surface area contributed by atoms with Gasteiger partial charge in [-0.25, -0.2) is 0 Å². The molecule has 6 heteroatoms. The van der Waals surface area contributed by atoms with Crippen LogP contribution in [-0.4, -0.2) is 38.5 Å². The molecule has 0 spiro atoms. The van der Waals surface area contributed by atoms with E-state index in [0.717, 1.165) is 6.42 Å². The van der Waals surface area contributed by atoms with Crippen LogP contribution in [0, 0.1) is 0 Å².